The van der Waals surface area contributed by atoms with E-state index in [1.807, 2.05) is 24.4 Å². The molecule has 0 atom stereocenters. The van der Waals surface area contributed by atoms with Crippen LogP contribution in [0.1, 0.15) is 12.5 Å². The molecule has 4 heterocycles. The van der Waals surface area contributed by atoms with Crippen molar-refractivity contribution < 1.29 is 0 Å². The molecule has 0 saturated carbocycles. The Bertz CT molecular complexity index is 1900. The van der Waals surface area contributed by atoms with Gasteiger partial charge >= 0.3 is 0 Å². The van der Waals surface area contributed by atoms with E-state index in [2.05, 4.69) is 120 Å². The number of para-hydroxylation sites is 1. The van der Waals surface area contributed by atoms with Crippen molar-refractivity contribution >= 4 is 21.9 Å². The molecule has 0 bridgehead atoms. The Morgan fingerprint density at radius 3 is 2.21 bits per heavy atom. The van der Waals surface area contributed by atoms with Gasteiger partial charge in [-0.05, 0) is 65.6 Å². The molecule has 186 valence electrons. The van der Waals surface area contributed by atoms with Crippen molar-refractivity contribution in [3.05, 3.63) is 133 Å². The molecule has 39 heavy (non-hydrogen) atoms. The fourth-order valence-corrected chi connectivity index (χ4v) is 5.36. The molecule has 0 aliphatic rings. The highest BCUT2D eigenvalue weighted by molar-refractivity contribution is 6.06. The predicted octanol–water partition coefficient (Wildman–Crippen LogP) is 8.53. The van der Waals surface area contributed by atoms with Crippen LogP contribution in [0.5, 0.6) is 0 Å². The van der Waals surface area contributed by atoms with Gasteiger partial charge in [0.05, 0.1) is 33.6 Å². The fourth-order valence-electron chi connectivity index (χ4n) is 5.36. The number of nitrogens with zero attached hydrogens (tertiary/aromatic N) is 4. The molecule has 7 aromatic rings. The quantitative estimate of drug-likeness (QED) is 0.237. The second kappa shape index (κ2) is 9.66. The van der Waals surface area contributed by atoms with Crippen LogP contribution in [0.25, 0.3) is 61.5 Å². The number of aromatic nitrogens is 4. The molecule has 0 fully saturated rings. The number of benzene rings is 3. The van der Waals surface area contributed by atoms with Crippen molar-refractivity contribution in [2.45, 2.75) is 13.3 Å². The minimum absolute atomic E-state index is 0.844. The highest BCUT2D eigenvalue weighted by Crippen LogP contribution is 2.34. The van der Waals surface area contributed by atoms with E-state index in [1.54, 1.807) is 0 Å². The zero-order chi connectivity index (χ0) is 26.2. The van der Waals surface area contributed by atoms with E-state index in [4.69, 9.17) is 9.97 Å². The number of rotatable bonds is 5. The second-order valence-electron chi connectivity index (χ2n) is 9.62. The molecule has 3 aromatic carbocycles. The van der Waals surface area contributed by atoms with Gasteiger partial charge in [0.15, 0.2) is 0 Å². The van der Waals surface area contributed by atoms with Crippen LogP contribution in [-0.4, -0.2) is 19.5 Å². The summed E-state index contributed by atoms with van der Waals surface area (Å²) in [6, 6.07) is 41.9. The summed E-state index contributed by atoms with van der Waals surface area (Å²) >= 11 is 0. The standard InChI is InChI=1S/C35H26N4/c1-2-24-22-30(27-15-7-6-14-26(27)25-12-4-3-5-13-25)37-31(23-24)29-17-10-20-34(38-29)39-32-18-9-8-16-28(32)35-33(39)19-11-21-36-35/h3-23H,2H2,1H3. The lowest BCUT2D eigenvalue weighted by molar-refractivity contribution is 1.07. The van der Waals surface area contributed by atoms with Crippen LogP contribution < -0.4 is 0 Å². The lowest BCUT2D eigenvalue weighted by Gasteiger charge is -2.13. The van der Waals surface area contributed by atoms with E-state index in [0.29, 0.717) is 0 Å². The molecule has 0 radical (unpaired) electrons. The minimum Gasteiger partial charge on any atom is -0.292 e. The van der Waals surface area contributed by atoms with Gasteiger partial charge < -0.3 is 0 Å². The van der Waals surface area contributed by atoms with Crippen LogP contribution in [0.4, 0.5) is 0 Å². The van der Waals surface area contributed by atoms with Gasteiger partial charge in [-0.2, -0.15) is 0 Å². The molecule has 4 heteroatoms. The normalized spacial score (nSPS) is 11.3. The fraction of sp³-hybridized carbons (Fsp3) is 0.0571. The largest absolute Gasteiger partial charge is 0.292 e. The molecule has 0 saturated heterocycles. The summed E-state index contributed by atoms with van der Waals surface area (Å²) in [6.07, 6.45) is 2.76. The zero-order valence-corrected chi connectivity index (χ0v) is 21.6. The zero-order valence-electron chi connectivity index (χ0n) is 21.6. The van der Waals surface area contributed by atoms with Crippen molar-refractivity contribution in [1.82, 2.24) is 19.5 Å². The summed E-state index contributed by atoms with van der Waals surface area (Å²) in [7, 11) is 0. The smallest absolute Gasteiger partial charge is 0.138 e. The average molecular weight is 503 g/mol. The Labute approximate surface area is 227 Å². The predicted molar refractivity (Wildman–Crippen MR) is 160 cm³/mol. The van der Waals surface area contributed by atoms with Gasteiger partial charge in [-0.3, -0.25) is 9.55 Å². The van der Waals surface area contributed by atoms with E-state index < -0.39 is 0 Å². The van der Waals surface area contributed by atoms with Crippen molar-refractivity contribution in [2.75, 3.05) is 0 Å². The van der Waals surface area contributed by atoms with Gasteiger partial charge in [0.2, 0.25) is 0 Å². The van der Waals surface area contributed by atoms with E-state index in [0.717, 1.165) is 56.8 Å². The van der Waals surface area contributed by atoms with E-state index in [-0.39, 0.29) is 0 Å². The van der Waals surface area contributed by atoms with E-state index in [1.165, 1.54) is 16.7 Å². The third-order valence-corrected chi connectivity index (χ3v) is 7.23. The monoisotopic (exact) mass is 502 g/mol. The first-order valence-electron chi connectivity index (χ1n) is 13.3. The molecule has 4 nitrogen and oxygen atoms in total. The van der Waals surface area contributed by atoms with Crippen molar-refractivity contribution in [3.8, 4) is 39.6 Å². The van der Waals surface area contributed by atoms with Crippen LogP contribution in [0.15, 0.2) is 128 Å². The maximum atomic E-state index is 5.17. The minimum atomic E-state index is 0.844. The van der Waals surface area contributed by atoms with Gasteiger partial charge in [0.1, 0.15) is 5.82 Å². The first-order valence-corrected chi connectivity index (χ1v) is 13.3. The number of pyridine rings is 3. The van der Waals surface area contributed by atoms with Crippen LogP contribution in [0.2, 0.25) is 0 Å². The Kier molecular flexibility index (Phi) is 5.71. The van der Waals surface area contributed by atoms with Gasteiger partial charge in [0, 0.05) is 17.1 Å². The van der Waals surface area contributed by atoms with Gasteiger partial charge in [-0.1, -0.05) is 85.8 Å². The first-order chi connectivity index (χ1) is 19.3. The van der Waals surface area contributed by atoms with Crippen LogP contribution in [-0.2, 0) is 6.42 Å². The van der Waals surface area contributed by atoms with Gasteiger partial charge in [-0.25, -0.2) is 9.97 Å². The molecule has 0 amide bonds. The third-order valence-electron chi connectivity index (χ3n) is 7.23. The Balaban J connectivity index is 1.40. The molecular formula is C35H26N4. The Morgan fingerprint density at radius 1 is 0.590 bits per heavy atom. The summed E-state index contributed by atoms with van der Waals surface area (Å²) in [6.45, 7) is 2.18. The van der Waals surface area contributed by atoms with Crippen LogP contribution >= 0.6 is 0 Å². The number of hydrogen-bond donors (Lipinski definition) is 0. The third kappa shape index (κ3) is 4.07. The molecular weight excluding hydrogens is 476 g/mol. The lowest BCUT2D eigenvalue weighted by atomic mass is 9.96. The molecule has 7 rings (SSSR count). The Hall–Kier alpha value is -5.09. The maximum absolute atomic E-state index is 5.17. The van der Waals surface area contributed by atoms with E-state index >= 15 is 0 Å². The van der Waals surface area contributed by atoms with Crippen LogP contribution in [0, 0.1) is 0 Å². The molecule has 0 N–H and O–H groups in total. The van der Waals surface area contributed by atoms with Crippen molar-refractivity contribution in [2.24, 2.45) is 0 Å². The molecule has 4 aromatic heterocycles. The summed E-state index contributed by atoms with van der Waals surface area (Å²) in [5.41, 5.74) is 10.5. The number of aryl methyl sites for hydroxylation is 1. The number of fused-ring (bicyclic) bond motifs is 3. The highest BCUT2D eigenvalue weighted by atomic mass is 15.1. The molecule has 0 aliphatic carbocycles. The summed E-state index contributed by atoms with van der Waals surface area (Å²) < 4.78 is 2.19. The Morgan fingerprint density at radius 2 is 1.33 bits per heavy atom. The maximum Gasteiger partial charge on any atom is 0.138 e. The topological polar surface area (TPSA) is 43.6 Å². The summed E-state index contributed by atoms with van der Waals surface area (Å²) in [5, 5.41) is 1.12. The highest BCUT2D eigenvalue weighted by Gasteiger charge is 2.16. The van der Waals surface area contributed by atoms with Gasteiger partial charge in [-0.15, -0.1) is 0 Å². The molecule has 0 aliphatic heterocycles. The number of hydrogen-bond acceptors (Lipinski definition) is 3. The first kappa shape index (κ1) is 23.1. The SMILES string of the molecule is CCc1cc(-c2cccc(-n3c4ccccc4c4ncccc43)n2)nc(-c2ccccc2-c2ccccc2)c1. The van der Waals surface area contributed by atoms with Crippen LogP contribution in [0.3, 0.4) is 0 Å². The second-order valence-corrected chi connectivity index (χ2v) is 9.62. The molecule has 0 unspecified atom stereocenters. The van der Waals surface area contributed by atoms with Gasteiger partial charge in [0.25, 0.3) is 0 Å². The average Bonchev–Trinajstić information content (AvgIpc) is 3.36. The van der Waals surface area contributed by atoms with Crippen molar-refractivity contribution in [1.29, 1.82) is 0 Å². The lowest BCUT2D eigenvalue weighted by Crippen LogP contribution is -2.00. The summed E-state index contributed by atoms with van der Waals surface area (Å²) in [5.74, 6) is 0.849. The molecule has 0 spiro atoms. The van der Waals surface area contributed by atoms with E-state index in [9.17, 15) is 0 Å². The van der Waals surface area contributed by atoms with Crippen molar-refractivity contribution in [3.63, 3.8) is 0 Å². The summed E-state index contributed by atoms with van der Waals surface area (Å²) in [4.78, 5) is 15.0.